The average molecular weight is 292 g/mol. The number of rotatable bonds is 3. The summed E-state index contributed by atoms with van der Waals surface area (Å²) in [6.45, 7) is 4.53. The molecule has 0 saturated carbocycles. The van der Waals surface area contributed by atoms with Gasteiger partial charge >= 0.3 is 0 Å². The molecule has 0 radical (unpaired) electrons. The molecule has 7 heteroatoms. The van der Waals surface area contributed by atoms with Crippen LogP contribution in [0.25, 0.3) is 4.96 Å². The third-order valence-electron chi connectivity index (χ3n) is 3.64. The van der Waals surface area contributed by atoms with E-state index in [1.807, 2.05) is 24.4 Å². The van der Waals surface area contributed by atoms with Gasteiger partial charge in [0.05, 0.1) is 23.9 Å². The summed E-state index contributed by atoms with van der Waals surface area (Å²) < 4.78 is 2.05. The van der Waals surface area contributed by atoms with Gasteiger partial charge in [0.25, 0.3) is 0 Å². The second kappa shape index (κ2) is 4.68. The number of amides is 2. The van der Waals surface area contributed by atoms with Gasteiger partial charge in [0.2, 0.25) is 11.8 Å². The van der Waals surface area contributed by atoms with Crippen LogP contribution in [-0.4, -0.2) is 39.2 Å². The van der Waals surface area contributed by atoms with Crippen LogP contribution in [0.4, 0.5) is 0 Å². The van der Waals surface area contributed by atoms with Crippen LogP contribution in [0.1, 0.15) is 22.7 Å². The number of carbonyl (C=O) groups excluding carboxylic acids is 2. The summed E-state index contributed by atoms with van der Waals surface area (Å²) in [7, 11) is 1.52. The number of nitrogens with zero attached hydrogens (tertiary/aromatic N) is 3. The third-order valence-corrected chi connectivity index (χ3v) is 4.54. The molecule has 2 aromatic rings. The maximum absolute atomic E-state index is 11.9. The zero-order valence-electron chi connectivity index (χ0n) is 11.6. The summed E-state index contributed by atoms with van der Waals surface area (Å²) in [5, 5.41) is 3.17. The molecule has 1 N–H and O–H groups in total. The Labute approximate surface area is 120 Å². The Morgan fingerprint density at radius 1 is 1.45 bits per heavy atom. The molecule has 6 nitrogen and oxygen atoms in total. The number of imidazole rings is 1. The van der Waals surface area contributed by atoms with Crippen molar-refractivity contribution in [3.63, 3.8) is 0 Å². The number of aromatic nitrogens is 2. The number of likely N-dealkylation sites (N-methyl/N-ethyl adjacent to an activating group) is 1. The van der Waals surface area contributed by atoms with Crippen molar-refractivity contribution in [1.29, 1.82) is 0 Å². The first-order chi connectivity index (χ1) is 9.47. The molecule has 1 fully saturated rings. The Kier molecular flexibility index (Phi) is 3.10. The van der Waals surface area contributed by atoms with E-state index in [0.717, 1.165) is 16.3 Å². The first-order valence-corrected chi connectivity index (χ1v) is 7.26. The van der Waals surface area contributed by atoms with Gasteiger partial charge < -0.3 is 0 Å². The number of fused-ring (bicyclic) bond motifs is 1. The average Bonchev–Trinajstić information content (AvgIpc) is 2.95. The number of hydrogen-bond acceptors (Lipinski definition) is 5. The van der Waals surface area contributed by atoms with E-state index in [2.05, 4.69) is 10.3 Å². The largest absolute Gasteiger partial charge is 0.300 e. The Bertz CT molecular complexity index is 703. The van der Waals surface area contributed by atoms with Crippen LogP contribution in [-0.2, 0) is 16.1 Å². The van der Waals surface area contributed by atoms with Crippen molar-refractivity contribution in [3.8, 4) is 0 Å². The minimum atomic E-state index is -0.419. The third kappa shape index (κ3) is 2.03. The van der Waals surface area contributed by atoms with Crippen LogP contribution in [0.15, 0.2) is 6.20 Å². The summed E-state index contributed by atoms with van der Waals surface area (Å²) in [6.07, 6.45) is 2.28. The van der Waals surface area contributed by atoms with Crippen molar-refractivity contribution in [2.24, 2.45) is 0 Å². The summed E-state index contributed by atoms with van der Waals surface area (Å²) in [6, 6.07) is -0.419. The Balaban J connectivity index is 1.79. The fourth-order valence-electron chi connectivity index (χ4n) is 2.46. The van der Waals surface area contributed by atoms with Crippen molar-refractivity contribution >= 4 is 28.1 Å². The van der Waals surface area contributed by atoms with Crippen molar-refractivity contribution in [2.45, 2.75) is 32.9 Å². The smallest absolute Gasteiger partial charge is 0.246 e. The number of hydrogen-bond donors (Lipinski definition) is 1. The molecule has 0 bridgehead atoms. The molecule has 3 rings (SSSR count). The van der Waals surface area contributed by atoms with Crippen LogP contribution in [0, 0.1) is 13.8 Å². The number of imide groups is 1. The van der Waals surface area contributed by atoms with Crippen LogP contribution in [0.5, 0.6) is 0 Å². The van der Waals surface area contributed by atoms with E-state index in [4.69, 9.17) is 0 Å². The molecule has 1 saturated heterocycles. The number of likely N-dealkylation sites (tertiary alicyclic amines) is 1. The fraction of sp³-hybridized carbons (Fsp3) is 0.462. The van der Waals surface area contributed by atoms with Gasteiger partial charge in [-0.2, -0.15) is 0 Å². The van der Waals surface area contributed by atoms with E-state index in [9.17, 15) is 9.59 Å². The van der Waals surface area contributed by atoms with E-state index < -0.39 is 6.04 Å². The predicted molar refractivity (Wildman–Crippen MR) is 75.6 cm³/mol. The SMILES string of the molecule is Cc1cn2c(CNC3CC(=O)N(C)C3=O)c(C)nc2s1. The molecule has 0 aliphatic carbocycles. The van der Waals surface area contributed by atoms with Gasteiger partial charge in [0.15, 0.2) is 4.96 Å². The second-order valence-corrected chi connectivity index (χ2v) is 6.28. The quantitative estimate of drug-likeness (QED) is 0.852. The van der Waals surface area contributed by atoms with Gasteiger partial charge in [-0.3, -0.25) is 24.2 Å². The van der Waals surface area contributed by atoms with E-state index in [0.29, 0.717) is 6.54 Å². The molecular formula is C13H16N4O2S. The number of thiazole rings is 1. The lowest BCUT2D eigenvalue weighted by Gasteiger charge is -2.11. The standard InChI is InChI=1S/C13H16N4O2S/c1-7-6-17-10(8(2)15-13(17)20-7)5-14-9-4-11(18)16(3)12(9)19/h6,9,14H,4-5H2,1-3H3. The molecular weight excluding hydrogens is 276 g/mol. The van der Waals surface area contributed by atoms with Crippen LogP contribution >= 0.6 is 11.3 Å². The number of nitrogens with one attached hydrogen (secondary N) is 1. The molecule has 2 amide bonds. The highest BCUT2D eigenvalue weighted by Crippen LogP contribution is 2.21. The van der Waals surface area contributed by atoms with E-state index >= 15 is 0 Å². The fourth-order valence-corrected chi connectivity index (χ4v) is 3.35. The molecule has 2 aromatic heterocycles. The lowest BCUT2D eigenvalue weighted by atomic mass is 10.2. The highest BCUT2D eigenvalue weighted by atomic mass is 32.1. The minimum Gasteiger partial charge on any atom is -0.300 e. The zero-order chi connectivity index (χ0) is 14.4. The van der Waals surface area contributed by atoms with Crippen molar-refractivity contribution < 1.29 is 9.59 Å². The maximum Gasteiger partial charge on any atom is 0.246 e. The Morgan fingerprint density at radius 2 is 2.20 bits per heavy atom. The maximum atomic E-state index is 11.9. The van der Waals surface area contributed by atoms with Crippen LogP contribution in [0.2, 0.25) is 0 Å². The van der Waals surface area contributed by atoms with Crippen molar-refractivity contribution in [3.05, 3.63) is 22.5 Å². The zero-order valence-corrected chi connectivity index (χ0v) is 12.5. The lowest BCUT2D eigenvalue weighted by Crippen LogP contribution is -2.37. The lowest BCUT2D eigenvalue weighted by molar-refractivity contribution is -0.137. The molecule has 106 valence electrons. The van der Waals surface area contributed by atoms with Crippen molar-refractivity contribution in [2.75, 3.05) is 7.05 Å². The monoisotopic (exact) mass is 292 g/mol. The van der Waals surface area contributed by atoms with Gasteiger partial charge in [0.1, 0.15) is 0 Å². The van der Waals surface area contributed by atoms with Gasteiger partial charge in [-0.05, 0) is 13.8 Å². The normalized spacial score (nSPS) is 19.6. The highest BCUT2D eigenvalue weighted by molar-refractivity contribution is 7.17. The van der Waals surface area contributed by atoms with Gasteiger partial charge in [0, 0.05) is 24.7 Å². The molecule has 1 aliphatic rings. The van der Waals surface area contributed by atoms with Gasteiger partial charge in [-0.25, -0.2) is 4.98 Å². The Hall–Kier alpha value is -1.73. The molecule has 3 heterocycles. The molecule has 1 aliphatic heterocycles. The van der Waals surface area contributed by atoms with Crippen LogP contribution < -0.4 is 5.32 Å². The van der Waals surface area contributed by atoms with Crippen molar-refractivity contribution in [1.82, 2.24) is 19.6 Å². The topological polar surface area (TPSA) is 66.7 Å². The second-order valence-electron chi connectivity index (χ2n) is 5.07. The van der Waals surface area contributed by atoms with E-state index in [1.165, 1.54) is 16.8 Å². The molecule has 0 aromatic carbocycles. The first kappa shape index (κ1) is 13.3. The van der Waals surface area contributed by atoms with E-state index in [1.54, 1.807) is 11.3 Å². The molecule has 1 unspecified atom stereocenters. The predicted octanol–water partition coefficient (Wildman–Crippen LogP) is 0.860. The van der Waals surface area contributed by atoms with Gasteiger partial charge in [-0.1, -0.05) is 0 Å². The molecule has 1 atom stereocenters. The van der Waals surface area contributed by atoms with Gasteiger partial charge in [-0.15, -0.1) is 11.3 Å². The number of aryl methyl sites for hydroxylation is 2. The highest BCUT2D eigenvalue weighted by Gasteiger charge is 2.35. The summed E-state index contributed by atoms with van der Waals surface area (Å²) in [5.41, 5.74) is 1.99. The summed E-state index contributed by atoms with van der Waals surface area (Å²) in [4.78, 5) is 31.2. The summed E-state index contributed by atoms with van der Waals surface area (Å²) >= 11 is 1.64. The Morgan fingerprint density at radius 3 is 2.85 bits per heavy atom. The first-order valence-electron chi connectivity index (χ1n) is 6.45. The summed E-state index contributed by atoms with van der Waals surface area (Å²) in [5.74, 6) is -0.288. The minimum absolute atomic E-state index is 0.131. The molecule has 0 spiro atoms. The van der Waals surface area contributed by atoms with Crippen LogP contribution in [0.3, 0.4) is 0 Å². The number of carbonyl (C=O) groups is 2. The van der Waals surface area contributed by atoms with E-state index in [-0.39, 0.29) is 18.2 Å². The molecule has 20 heavy (non-hydrogen) atoms.